The lowest BCUT2D eigenvalue weighted by Crippen LogP contribution is -2.14. The van der Waals surface area contributed by atoms with Gasteiger partial charge in [-0.25, -0.2) is 8.42 Å². The maximum absolute atomic E-state index is 12.5. The normalized spacial score (nSPS) is 11.0. The van der Waals surface area contributed by atoms with Crippen molar-refractivity contribution in [1.29, 1.82) is 0 Å². The van der Waals surface area contributed by atoms with Crippen molar-refractivity contribution in [2.45, 2.75) is 11.8 Å². The van der Waals surface area contributed by atoms with Gasteiger partial charge in [-0.2, -0.15) is 0 Å². The van der Waals surface area contributed by atoms with E-state index in [1.165, 1.54) is 24.3 Å². The Morgan fingerprint density at radius 1 is 0.889 bits per heavy atom. The third kappa shape index (κ3) is 4.67. The van der Waals surface area contributed by atoms with E-state index in [-0.39, 0.29) is 10.8 Å². The number of carbonyl (C=O) groups is 1. The molecule has 0 saturated carbocycles. The van der Waals surface area contributed by atoms with E-state index >= 15 is 0 Å². The van der Waals surface area contributed by atoms with Crippen LogP contribution in [0.4, 0.5) is 11.4 Å². The first-order chi connectivity index (χ1) is 12.8. The van der Waals surface area contributed by atoms with Gasteiger partial charge in [-0.1, -0.05) is 41.4 Å². The molecule has 138 valence electrons. The highest BCUT2D eigenvalue weighted by atomic mass is 35.5. The standard InChI is InChI=1S/C20H17ClN2O3S/c1-14-6-8-15(9-7-14)20(24)22-16-10-12-17(13-11-16)27(25,26)23-19-5-3-2-4-18(19)21/h2-13,23H,1H3,(H,22,24). The number of para-hydroxylation sites is 1. The van der Waals surface area contributed by atoms with Crippen LogP contribution in [-0.4, -0.2) is 14.3 Å². The smallest absolute Gasteiger partial charge is 0.261 e. The SMILES string of the molecule is Cc1ccc(C(=O)Nc2ccc(S(=O)(=O)Nc3ccccc3Cl)cc2)cc1. The number of hydrogen-bond acceptors (Lipinski definition) is 3. The van der Waals surface area contributed by atoms with Crippen molar-refractivity contribution in [2.75, 3.05) is 10.0 Å². The van der Waals surface area contributed by atoms with Crippen LogP contribution in [0.5, 0.6) is 0 Å². The first-order valence-corrected chi connectivity index (χ1v) is 9.97. The van der Waals surface area contributed by atoms with E-state index < -0.39 is 10.0 Å². The lowest BCUT2D eigenvalue weighted by Gasteiger charge is -2.10. The highest BCUT2D eigenvalue weighted by molar-refractivity contribution is 7.92. The van der Waals surface area contributed by atoms with Gasteiger partial charge in [-0.3, -0.25) is 9.52 Å². The Bertz CT molecular complexity index is 1060. The van der Waals surface area contributed by atoms with Crippen molar-refractivity contribution in [3.05, 3.63) is 88.9 Å². The molecule has 2 N–H and O–H groups in total. The summed E-state index contributed by atoms with van der Waals surface area (Å²) in [6.07, 6.45) is 0. The molecule has 3 rings (SSSR count). The van der Waals surface area contributed by atoms with Crippen LogP contribution in [0.1, 0.15) is 15.9 Å². The fourth-order valence-electron chi connectivity index (χ4n) is 2.37. The van der Waals surface area contributed by atoms with Crippen LogP contribution in [0.2, 0.25) is 5.02 Å². The van der Waals surface area contributed by atoms with Gasteiger partial charge in [0, 0.05) is 11.3 Å². The van der Waals surface area contributed by atoms with Gasteiger partial charge in [0.2, 0.25) is 0 Å². The first kappa shape index (κ1) is 18.9. The molecule has 0 aromatic heterocycles. The van der Waals surface area contributed by atoms with Gasteiger partial charge in [0.1, 0.15) is 0 Å². The van der Waals surface area contributed by atoms with Gasteiger partial charge < -0.3 is 5.32 Å². The molecule has 0 fully saturated rings. The van der Waals surface area contributed by atoms with Crippen LogP contribution in [0.15, 0.2) is 77.7 Å². The number of hydrogen-bond donors (Lipinski definition) is 2. The van der Waals surface area contributed by atoms with Gasteiger partial charge in [0.15, 0.2) is 0 Å². The summed E-state index contributed by atoms with van der Waals surface area (Å²) >= 11 is 5.99. The summed E-state index contributed by atoms with van der Waals surface area (Å²) in [4.78, 5) is 12.3. The summed E-state index contributed by atoms with van der Waals surface area (Å²) in [6, 6.07) is 19.7. The summed E-state index contributed by atoms with van der Waals surface area (Å²) < 4.78 is 27.4. The first-order valence-electron chi connectivity index (χ1n) is 8.10. The summed E-state index contributed by atoms with van der Waals surface area (Å²) in [5.74, 6) is -0.264. The fourth-order valence-corrected chi connectivity index (χ4v) is 3.69. The van der Waals surface area contributed by atoms with Gasteiger partial charge in [-0.05, 0) is 55.5 Å². The van der Waals surface area contributed by atoms with Crippen LogP contribution in [-0.2, 0) is 10.0 Å². The molecule has 0 atom stereocenters. The quantitative estimate of drug-likeness (QED) is 0.651. The number of benzene rings is 3. The van der Waals surface area contributed by atoms with Crippen molar-refractivity contribution < 1.29 is 13.2 Å². The summed E-state index contributed by atoms with van der Waals surface area (Å²) in [5.41, 5.74) is 2.39. The predicted molar refractivity (Wildman–Crippen MR) is 108 cm³/mol. The number of aryl methyl sites for hydroxylation is 1. The second kappa shape index (κ2) is 7.82. The molecular weight excluding hydrogens is 384 g/mol. The van der Waals surface area contributed by atoms with E-state index in [0.717, 1.165) is 5.56 Å². The molecule has 0 saturated heterocycles. The molecule has 3 aromatic rings. The van der Waals surface area contributed by atoms with Gasteiger partial charge in [0.05, 0.1) is 15.6 Å². The molecular formula is C20H17ClN2O3S. The van der Waals surface area contributed by atoms with E-state index in [1.807, 2.05) is 19.1 Å². The molecule has 1 amide bonds. The zero-order valence-electron chi connectivity index (χ0n) is 14.4. The summed E-state index contributed by atoms with van der Waals surface area (Å²) in [7, 11) is -3.79. The number of halogens is 1. The van der Waals surface area contributed by atoms with Crippen LogP contribution < -0.4 is 10.0 Å². The molecule has 0 radical (unpaired) electrons. The molecule has 0 spiro atoms. The molecule has 7 heteroatoms. The Hall–Kier alpha value is -2.83. The predicted octanol–water partition coefficient (Wildman–Crippen LogP) is 4.70. The third-order valence-corrected chi connectivity index (χ3v) is 5.57. The van der Waals surface area contributed by atoms with Crippen LogP contribution in [0, 0.1) is 6.92 Å². The van der Waals surface area contributed by atoms with E-state index in [4.69, 9.17) is 11.6 Å². The fraction of sp³-hybridized carbons (Fsp3) is 0.0500. The number of amides is 1. The zero-order valence-corrected chi connectivity index (χ0v) is 16.0. The molecule has 0 heterocycles. The Morgan fingerprint density at radius 2 is 1.52 bits per heavy atom. The number of nitrogens with one attached hydrogen (secondary N) is 2. The molecule has 0 aliphatic carbocycles. The number of rotatable bonds is 5. The van der Waals surface area contributed by atoms with E-state index in [2.05, 4.69) is 10.0 Å². The zero-order chi connectivity index (χ0) is 19.4. The number of sulfonamides is 1. The lowest BCUT2D eigenvalue weighted by atomic mass is 10.1. The second-order valence-electron chi connectivity index (χ2n) is 5.93. The molecule has 3 aromatic carbocycles. The monoisotopic (exact) mass is 400 g/mol. The van der Waals surface area contributed by atoms with Crippen LogP contribution in [0.25, 0.3) is 0 Å². The molecule has 27 heavy (non-hydrogen) atoms. The molecule has 0 bridgehead atoms. The summed E-state index contributed by atoms with van der Waals surface area (Å²) in [5, 5.41) is 3.05. The minimum absolute atomic E-state index is 0.0655. The highest BCUT2D eigenvalue weighted by Crippen LogP contribution is 2.24. The maximum Gasteiger partial charge on any atom is 0.261 e. The third-order valence-electron chi connectivity index (χ3n) is 3.85. The average molecular weight is 401 g/mol. The average Bonchev–Trinajstić information content (AvgIpc) is 2.64. The van der Waals surface area contributed by atoms with Crippen molar-refractivity contribution in [3.63, 3.8) is 0 Å². The Labute approximate surface area is 163 Å². The van der Waals surface area contributed by atoms with E-state index in [0.29, 0.717) is 22.0 Å². The maximum atomic E-state index is 12.5. The van der Waals surface area contributed by atoms with Gasteiger partial charge >= 0.3 is 0 Å². The minimum atomic E-state index is -3.79. The van der Waals surface area contributed by atoms with Crippen molar-refractivity contribution in [1.82, 2.24) is 0 Å². The van der Waals surface area contributed by atoms with Crippen LogP contribution >= 0.6 is 11.6 Å². The van der Waals surface area contributed by atoms with Gasteiger partial charge in [-0.15, -0.1) is 0 Å². The largest absolute Gasteiger partial charge is 0.322 e. The molecule has 0 unspecified atom stereocenters. The second-order valence-corrected chi connectivity index (χ2v) is 8.02. The molecule has 0 aliphatic heterocycles. The van der Waals surface area contributed by atoms with E-state index in [9.17, 15) is 13.2 Å². The minimum Gasteiger partial charge on any atom is -0.322 e. The number of carbonyl (C=O) groups excluding carboxylic acids is 1. The topological polar surface area (TPSA) is 75.3 Å². The van der Waals surface area contributed by atoms with Crippen molar-refractivity contribution in [3.8, 4) is 0 Å². The molecule has 5 nitrogen and oxygen atoms in total. The Morgan fingerprint density at radius 3 is 2.15 bits per heavy atom. The Balaban J connectivity index is 1.73. The van der Waals surface area contributed by atoms with Crippen LogP contribution in [0.3, 0.4) is 0 Å². The van der Waals surface area contributed by atoms with Gasteiger partial charge in [0.25, 0.3) is 15.9 Å². The Kier molecular flexibility index (Phi) is 5.48. The number of anilines is 2. The van der Waals surface area contributed by atoms with E-state index in [1.54, 1.807) is 36.4 Å². The van der Waals surface area contributed by atoms with Crippen molar-refractivity contribution >= 4 is 38.9 Å². The molecule has 0 aliphatic rings. The lowest BCUT2D eigenvalue weighted by molar-refractivity contribution is 0.102. The highest BCUT2D eigenvalue weighted by Gasteiger charge is 2.16. The summed E-state index contributed by atoms with van der Waals surface area (Å²) in [6.45, 7) is 1.94. The van der Waals surface area contributed by atoms with Crippen molar-refractivity contribution in [2.24, 2.45) is 0 Å².